The molecule has 0 aliphatic carbocycles. The normalized spacial score (nSPS) is 5.50. The van der Waals surface area contributed by atoms with Crippen molar-refractivity contribution in [3.05, 3.63) is 0 Å². The first-order chi connectivity index (χ1) is 1.91. The summed E-state index contributed by atoms with van der Waals surface area (Å²) in [6.07, 6.45) is 0. The van der Waals surface area contributed by atoms with Crippen LogP contribution in [0.15, 0.2) is 0 Å². The van der Waals surface area contributed by atoms with E-state index in [-0.39, 0.29) is 1.43 Å². The first-order valence-corrected chi connectivity index (χ1v) is 3.66. The minimum absolute atomic E-state index is 0. The summed E-state index contributed by atoms with van der Waals surface area (Å²) in [7, 11) is 0. The van der Waals surface area contributed by atoms with Crippen LogP contribution >= 0.6 is 0 Å². The van der Waals surface area contributed by atoms with Crippen LogP contribution in [0.2, 0.25) is 11.1 Å². The molecular formula is C3H9Al. The molecule has 0 aliphatic rings. The summed E-state index contributed by atoms with van der Waals surface area (Å²) in [5, 5.41) is 1.40. The van der Waals surface area contributed by atoms with E-state index in [4.69, 9.17) is 0 Å². The Hall–Kier alpha value is 0.532. The molecule has 0 aromatic rings. The molecule has 0 bridgehead atoms. The first-order valence-electron chi connectivity index (χ1n) is 1.69. The van der Waals surface area contributed by atoms with E-state index >= 15 is 0 Å². The van der Waals surface area contributed by atoms with Crippen LogP contribution in [0, 0.1) is 0 Å². The van der Waals surface area contributed by atoms with Gasteiger partial charge in [-0.2, -0.15) is 0 Å². The Morgan fingerprint density at radius 3 is 2.25 bits per heavy atom. The van der Waals surface area contributed by atoms with E-state index in [1.807, 2.05) is 0 Å². The van der Waals surface area contributed by atoms with Crippen LogP contribution in [-0.4, -0.2) is 15.2 Å². The molecule has 0 aromatic heterocycles. The van der Waals surface area contributed by atoms with E-state index in [2.05, 4.69) is 12.7 Å². The maximum atomic E-state index is 2.26. The van der Waals surface area contributed by atoms with E-state index < -0.39 is 0 Å². The monoisotopic (exact) mass is 72.1 g/mol. The molecule has 0 aliphatic heterocycles. The second kappa shape index (κ2) is 3.53. The van der Waals surface area contributed by atoms with Gasteiger partial charge in [0.1, 0.15) is 0 Å². The van der Waals surface area contributed by atoms with Crippen LogP contribution in [0.25, 0.3) is 0 Å². The zero-order valence-electron chi connectivity index (χ0n) is 4.28. The van der Waals surface area contributed by atoms with Crippen LogP contribution in [0.4, 0.5) is 0 Å². The van der Waals surface area contributed by atoms with Gasteiger partial charge in [-0.05, 0) is 0 Å². The van der Waals surface area contributed by atoms with Gasteiger partial charge in [-0.1, -0.05) is 0 Å². The zero-order valence-corrected chi connectivity index (χ0v) is 4.44. The van der Waals surface area contributed by atoms with E-state index in [1.54, 1.807) is 0 Å². The van der Waals surface area contributed by atoms with Gasteiger partial charge in [-0.3, -0.25) is 0 Å². The summed E-state index contributed by atoms with van der Waals surface area (Å²) in [4.78, 5) is 0. The average Bonchev–Trinajstić information content (AvgIpc) is 1.37. The summed E-state index contributed by atoms with van der Waals surface area (Å²) in [6.45, 7) is 2.22. The second-order valence-electron chi connectivity index (χ2n) is 0.816. The summed E-state index contributed by atoms with van der Waals surface area (Å²) in [5.74, 6) is 2.26. The van der Waals surface area contributed by atoms with Crippen molar-refractivity contribution in [1.82, 2.24) is 0 Å². The van der Waals surface area contributed by atoms with Gasteiger partial charge in [-0.15, -0.1) is 0 Å². The van der Waals surface area contributed by atoms with Gasteiger partial charge < -0.3 is 1.43 Å². The fraction of sp³-hybridized carbons (Fsp3) is 1.00. The Kier molecular flexibility index (Phi) is 4.00. The minimum atomic E-state index is 0. The van der Waals surface area contributed by atoms with Gasteiger partial charge >= 0.3 is 33.2 Å². The topological polar surface area (TPSA) is 0 Å². The Balaban J connectivity index is 0. The fourth-order valence-electron chi connectivity index (χ4n) is 0. The maximum Gasteiger partial charge on any atom is -1.00 e. The number of hydrogen-bond acceptors (Lipinski definition) is 0. The third-order valence-electron chi connectivity index (χ3n) is 0.408. The predicted molar refractivity (Wildman–Crippen MR) is 23.2 cm³/mol. The van der Waals surface area contributed by atoms with Crippen molar-refractivity contribution in [2.24, 2.45) is 0 Å². The molecule has 0 spiro atoms. The van der Waals surface area contributed by atoms with Crippen LogP contribution in [-0.2, 0) is 0 Å². The molecule has 0 atom stereocenters. The van der Waals surface area contributed by atoms with Crippen LogP contribution in [0.5, 0.6) is 0 Å². The summed E-state index contributed by atoms with van der Waals surface area (Å²) in [5.41, 5.74) is 0. The Morgan fingerprint density at radius 2 is 2.25 bits per heavy atom. The van der Waals surface area contributed by atoms with E-state index in [1.165, 1.54) is 5.28 Å². The van der Waals surface area contributed by atoms with E-state index in [9.17, 15) is 0 Å². The molecule has 4 heavy (non-hydrogen) atoms. The van der Waals surface area contributed by atoms with Gasteiger partial charge in [0.2, 0.25) is 0 Å². The van der Waals surface area contributed by atoms with E-state index in [0.29, 0.717) is 0 Å². The van der Waals surface area contributed by atoms with Crippen molar-refractivity contribution in [1.29, 1.82) is 0 Å². The van der Waals surface area contributed by atoms with Gasteiger partial charge in [0.05, 0.1) is 0 Å². The fourth-order valence-corrected chi connectivity index (χ4v) is 0. The van der Waals surface area contributed by atoms with Gasteiger partial charge in [0, 0.05) is 0 Å². The van der Waals surface area contributed by atoms with Crippen molar-refractivity contribution >= 4 is 15.2 Å². The molecule has 0 saturated heterocycles. The van der Waals surface area contributed by atoms with Crippen molar-refractivity contribution in [2.75, 3.05) is 0 Å². The maximum absolute atomic E-state index is 2.26. The molecule has 0 N–H and O–H groups in total. The Bertz CT molecular complexity index is 8.85. The molecule has 0 nitrogen and oxygen atoms in total. The first kappa shape index (κ1) is 4.53. The smallest absolute Gasteiger partial charge is 1.00 e. The van der Waals surface area contributed by atoms with Gasteiger partial charge in [0.25, 0.3) is 0 Å². The van der Waals surface area contributed by atoms with Crippen LogP contribution in [0.3, 0.4) is 0 Å². The quantitative estimate of drug-likeness (QED) is 0.409. The molecule has 0 heterocycles. The predicted octanol–water partition coefficient (Wildman–Crippen LogP) is 1.29. The van der Waals surface area contributed by atoms with Crippen molar-refractivity contribution < 1.29 is 1.43 Å². The minimum Gasteiger partial charge on any atom is -1.00 e. The van der Waals surface area contributed by atoms with Crippen molar-refractivity contribution in [2.45, 2.75) is 18.0 Å². The third-order valence-corrected chi connectivity index (χ3v) is 1.22. The summed E-state index contributed by atoms with van der Waals surface area (Å²) < 4.78 is 0. The molecule has 0 saturated carbocycles. The third kappa shape index (κ3) is 2.53. The summed E-state index contributed by atoms with van der Waals surface area (Å²) in [6, 6.07) is 0. The molecule has 0 aromatic carbocycles. The van der Waals surface area contributed by atoms with Gasteiger partial charge in [0.15, 0.2) is 0 Å². The molecule has 0 rings (SSSR count). The largest absolute Gasteiger partial charge is 1.00 e. The second-order valence-corrected chi connectivity index (χ2v) is 2.45. The molecule has 0 radical (unpaired) electrons. The zero-order chi connectivity index (χ0) is 3.41. The average molecular weight is 72.1 g/mol. The van der Waals surface area contributed by atoms with Crippen LogP contribution < -0.4 is 0 Å². The molecule has 24 valence electrons. The van der Waals surface area contributed by atoms with Crippen LogP contribution in [0.1, 0.15) is 8.35 Å². The molecule has 1 heteroatoms. The number of hydrogen-bond donors (Lipinski definition) is 0. The Morgan fingerprint density at radius 1 is 2.00 bits per heavy atom. The molecule has 0 fully saturated rings. The molecule has 0 amide bonds. The Labute approximate surface area is 35.4 Å². The SMILES string of the molecule is C[CH2][Al+][CH3].[H-]. The number of rotatable bonds is 1. The van der Waals surface area contributed by atoms with Crippen molar-refractivity contribution in [3.8, 4) is 0 Å². The molecule has 0 unspecified atom stereocenters. The standard InChI is InChI=1S/C2H5.CH3.Al.H/c1-2;;;/h1H2,2H3;1H3;;/q;;+1;-1. The molecular weight excluding hydrogens is 63.0 g/mol. The summed E-state index contributed by atoms with van der Waals surface area (Å²) >= 11 is 0.782. The van der Waals surface area contributed by atoms with E-state index in [0.717, 1.165) is 15.2 Å². The van der Waals surface area contributed by atoms with Crippen molar-refractivity contribution in [3.63, 3.8) is 0 Å². The van der Waals surface area contributed by atoms with Gasteiger partial charge in [-0.25, -0.2) is 0 Å².